The highest BCUT2D eigenvalue weighted by atomic mass is 79.9. The largest absolute Gasteiger partial charge is 0.323 e. The lowest BCUT2D eigenvalue weighted by molar-refractivity contribution is 0.830. The minimum atomic E-state index is 0.163. The van der Waals surface area contributed by atoms with E-state index in [1.807, 2.05) is 6.92 Å². The normalized spacial score (nSPS) is 13.6. The van der Waals surface area contributed by atoms with Crippen LogP contribution in [0.15, 0.2) is 9.85 Å². The first-order chi connectivity index (χ1) is 4.63. The lowest BCUT2D eigenvalue weighted by atomic mass is 10.2. The number of hydrogen-bond donors (Lipinski definition) is 1. The smallest absolute Gasteiger partial charge is 0.0364 e. The molecule has 56 valence electrons. The Kier molecular flexibility index (Phi) is 2.50. The molecule has 0 radical (unpaired) electrons. The molecule has 0 fully saturated rings. The van der Waals surface area contributed by atoms with Gasteiger partial charge in [-0.2, -0.15) is 0 Å². The molecule has 0 bridgehead atoms. The fourth-order valence-electron chi connectivity index (χ4n) is 0.859. The molecule has 0 aliphatic rings. The average molecular weight is 220 g/mol. The molecule has 0 saturated carbocycles. The second-order valence-electron chi connectivity index (χ2n) is 2.36. The summed E-state index contributed by atoms with van der Waals surface area (Å²) < 4.78 is 1.17. The summed E-state index contributed by atoms with van der Waals surface area (Å²) in [6, 6.07) is 0.163. The van der Waals surface area contributed by atoms with Crippen molar-refractivity contribution in [1.29, 1.82) is 0 Å². The number of hydrogen-bond acceptors (Lipinski definition) is 2. The summed E-state index contributed by atoms with van der Waals surface area (Å²) in [4.78, 5) is 1.27. The minimum Gasteiger partial charge on any atom is -0.323 e. The van der Waals surface area contributed by atoms with Crippen molar-refractivity contribution in [2.45, 2.75) is 19.9 Å². The molecule has 0 aliphatic carbocycles. The number of thiophene rings is 1. The summed E-state index contributed by atoms with van der Waals surface area (Å²) >= 11 is 5.15. The Morgan fingerprint density at radius 2 is 2.30 bits per heavy atom. The lowest BCUT2D eigenvalue weighted by Gasteiger charge is -2.01. The van der Waals surface area contributed by atoms with Gasteiger partial charge in [0.2, 0.25) is 0 Å². The van der Waals surface area contributed by atoms with Crippen LogP contribution in [0.5, 0.6) is 0 Å². The maximum atomic E-state index is 5.72. The van der Waals surface area contributed by atoms with Crippen LogP contribution in [-0.2, 0) is 0 Å². The summed E-state index contributed by atoms with van der Waals surface area (Å²) in [5.74, 6) is 0. The Labute approximate surface area is 73.4 Å². The zero-order valence-corrected chi connectivity index (χ0v) is 8.42. The molecule has 1 aromatic rings. The topological polar surface area (TPSA) is 26.0 Å². The Bertz CT molecular complexity index is 230. The summed E-state index contributed by atoms with van der Waals surface area (Å²) in [5.41, 5.74) is 7.00. The summed E-state index contributed by atoms with van der Waals surface area (Å²) in [6.45, 7) is 4.09. The maximum Gasteiger partial charge on any atom is 0.0364 e. The van der Waals surface area contributed by atoms with E-state index in [2.05, 4.69) is 28.2 Å². The average Bonchev–Trinajstić information content (AvgIpc) is 2.14. The molecule has 0 aliphatic heterocycles. The molecular formula is C7H10BrNS. The van der Waals surface area contributed by atoms with Gasteiger partial charge in [-0.1, -0.05) is 0 Å². The van der Waals surface area contributed by atoms with E-state index in [1.165, 1.54) is 14.9 Å². The summed E-state index contributed by atoms with van der Waals surface area (Å²) in [7, 11) is 0. The molecule has 0 amide bonds. The monoisotopic (exact) mass is 219 g/mol. The predicted octanol–water partition coefficient (Wildman–Crippen LogP) is 2.84. The van der Waals surface area contributed by atoms with Gasteiger partial charge in [-0.05, 0) is 35.3 Å². The van der Waals surface area contributed by atoms with E-state index in [4.69, 9.17) is 5.73 Å². The van der Waals surface area contributed by atoms with Crippen LogP contribution in [0.1, 0.15) is 23.4 Å². The number of nitrogens with two attached hydrogens (primary N) is 1. The number of rotatable bonds is 1. The third kappa shape index (κ3) is 1.41. The van der Waals surface area contributed by atoms with E-state index in [1.54, 1.807) is 11.3 Å². The minimum absolute atomic E-state index is 0.163. The first-order valence-corrected chi connectivity index (χ1v) is 4.79. The van der Waals surface area contributed by atoms with Crippen molar-refractivity contribution >= 4 is 27.3 Å². The Morgan fingerprint density at radius 1 is 1.70 bits per heavy atom. The van der Waals surface area contributed by atoms with Gasteiger partial charge in [0.25, 0.3) is 0 Å². The molecular weight excluding hydrogens is 210 g/mol. The predicted molar refractivity (Wildman–Crippen MR) is 49.4 cm³/mol. The molecule has 0 aromatic carbocycles. The van der Waals surface area contributed by atoms with Gasteiger partial charge in [0, 0.05) is 20.8 Å². The highest BCUT2D eigenvalue weighted by Crippen LogP contribution is 2.29. The number of halogens is 1. The van der Waals surface area contributed by atoms with E-state index in [0.717, 1.165) is 0 Å². The van der Waals surface area contributed by atoms with Crippen LogP contribution in [0.3, 0.4) is 0 Å². The molecule has 1 unspecified atom stereocenters. The van der Waals surface area contributed by atoms with Crippen LogP contribution in [0.25, 0.3) is 0 Å². The van der Waals surface area contributed by atoms with Crippen molar-refractivity contribution in [3.05, 3.63) is 20.3 Å². The van der Waals surface area contributed by atoms with Crippen LogP contribution in [0, 0.1) is 6.92 Å². The van der Waals surface area contributed by atoms with Crippen molar-refractivity contribution in [3.63, 3.8) is 0 Å². The van der Waals surface area contributed by atoms with Crippen LogP contribution >= 0.6 is 27.3 Å². The van der Waals surface area contributed by atoms with E-state index >= 15 is 0 Å². The van der Waals surface area contributed by atoms with Crippen LogP contribution in [0.4, 0.5) is 0 Å². The van der Waals surface area contributed by atoms with E-state index in [9.17, 15) is 0 Å². The van der Waals surface area contributed by atoms with Crippen molar-refractivity contribution in [3.8, 4) is 0 Å². The van der Waals surface area contributed by atoms with Crippen LogP contribution < -0.4 is 5.73 Å². The van der Waals surface area contributed by atoms with Crippen molar-refractivity contribution < 1.29 is 0 Å². The molecule has 1 atom stereocenters. The van der Waals surface area contributed by atoms with E-state index in [0.29, 0.717) is 0 Å². The zero-order chi connectivity index (χ0) is 7.72. The second-order valence-corrected chi connectivity index (χ2v) is 4.13. The molecule has 0 spiro atoms. The third-order valence-corrected chi connectivity index (χ3v) is 3.84. The molecule has 1 heterocycles. The van der Waals surface area contributed by atoms with E-state index in [-0.39, 0.29) is 6.04 Å². The van der Waals surface area contributed by atoms with E-state index < -0.39 is 0 Å². The van der Waals surface area contributed by atoms with Gasteiger partial charge in [-0.15, -0.1) is 11.3 Å². The summed E-state index contributed by atoms with van der Waals surface area (Å²) in [5, 5.41) is 2.08. The fraction of sp³-hybridized carbons (Fsp3) is 0.429. The molecule has 10 heavy (non-hydrogen) atoms. The second kappa shape index (κ2) is 3.03. The molecule has 1 nitrogen and oxygen atoms in total. The molecule has 3 heteroatoms. The van der Waals surface area contributed by atoms with Crippen LogP contribution in [0.2, 0.25) is 0 Å². The van der Waals surface area contributed by atoms with Crippen molar-refractivity contribution in [2.75, 3.05) is 0 Å². The molecule has 1 aromatic heterocycles. The first-order valence-electron chi connectivity index (χ1n) is 3.12. The van der Waals surface area contributed by atoms with Crippen molar-refractivity contribution in [2.24, 2.45) is 5.73 Å². The SMILES string of the molecule is Cc1c(Br)csc1C(C)N. The fourth-order valence-corrected chi connectivity index (χ4v) is 2.39. The highest BCUT2D eigenvalue weighted by Gasteiger charge is 2.07. The molecule has 1 rings (SSSR count). The van der Waals surface area contributed by atoms with Gasteiger partial charge in [0.05, 0.1) is 0 Å². The van der Waals surface area contributed by atoms with Gasteiger partial charge in [0.15, 0.2) is 0 Å². The molecule has 2 N–H and O–H groups in total. The summed E-state index contributed by atoms with van der Waals surface area (Å²) in [6.07, 6.45) is 0. The lowest BCUT2D eigenvalue weighted by Crippen LogP contribution is -2.03. The highest BCUT2D eigenvalue weighted by molar-refractivity contribution is 9.10. The van der Waals surface area contributed by atoms with Gasteiger partial charge in [-0.3, -0.25) is 0 Å². The molecule has 0 saturated heterocycles. The Balaban J connectivity index is 3.05. The van der Waals surface area contributed by atoms with Gasteiger partial charge in [0.1, 0.15) is 0 Å². The quantitative estimate of drug-likeness (QED) is 0.773. The maximum absolute atomic E-state index is 5.72. The third-order valence-electron chi connectivity index (χ3n) is 1.43. The van der Waals surface area contributed by atoms with Gasteiger partial charge >= 0.3 is 0 Å². The van der Waals surface area contributed by atoms with Gasteiger partial charge in [-0.25, -0.2) is 0 Å². The Morgan fingerprint density at radius 3 is 2.50 bits per heavy atom. The first kappa shape index (κ1) is 8.24. The van der Waals surface area contributed by atoms with Gasteiger partial charge < -0.3 is 5.73 Å². The standard InChI is InChI=1S/C7H10BrNS/c1-4-6(8)3-10-7(4)5(2)9/h3,5H,9H2,1-2H3. The Hall–Kier alpha value is 0.140. The zero-order valence-electron chi connectivity index (χ0n) is 6.02. The van der Waals surface area contributed by atoms with Crippen LogP contribution in [-0.4, -0.2) is 0 Å². The van der Waals surface area contributed by atoms with Crippen molar-refractivity contribution in [1.82, 2.24) is 0 Å².